The first-order valence-electron chi connectivity index (χ1n) is 7.07. The van der Waals surface area contributed by atoms with Crippen LogP contribution in [0.3, 0.4) is 0 Å². The Morgan fingerprint density at radius 1 is 1.21 bits per heavy atom. The van der Waals surface area contributed by atoms with Crippen LogP contribution in [0.1, 0.15) is 39.0 Å². The van der Waals surface area contributed by atoms with Crippen molar-refractivity contribution >= 4 is 17.3 Å². The van der Waals surface area contributed by atoms with Gasteiger partial charge in [0.15, 0.2) is 11.6 Å². The third-order valence-corrected chi connectivity index (χ3v) is 3.35. The Hall–Kier alpha value is -1.78. The van der Waals surface area contributed by atoms with Gasteiger partial charge in [-0.2, -0.15) is 0 Å². The van der Waals surface area contributed by atoms with E-state index in [9.17, 15) is 0 Å². The second-order valence-electron chi connectivity index (χ2n) is 4.80. The molecule has 1 aromatic heterocycles. The van der Waals surface area contributed by atoms with Gasteiger partial charge in [0.25, 0.3) is 0 Å². The molecule has 0 atom stereocenters. The van der Waals surface area contributed by atoms with E-state index in [1.807, 2.05) is 6.92 Å². The van der Waals surface area contributed by atoms with Crippen molar-refractivity contribution in [1.29, 1.82) is 0 Å². The number of hydrogen-bond acceptors (Lipinski definition) is 5. The lowest BCUT2D eigenvalue weighted by molar-refractivity contribution is 0.679. The molecule has 1 heterocycles. The standard InChI is InChI=1S/C14H23N5/c1-2-16-13-12(15)14(19-10-18-13)17-9-8-11-6-4-3-5-7-11/h6,10H,2-5,7-9,15H2,1H3,(H2,16,17,18,19). The Morgan fingerprint density at radius 2 is 2.00 bits per heavy atom. The van der Waals surface area contributed by atoms with Crippen LogP contribution in [0, 0.1) is 0 Å². The molecule has 1 aliphatic carbocycles. The van der Waals surface area contributed by atoms with Crippen LogP contribution in [-0.2, 0) is 0 Å². The fraction of sp³-hybridized carbons (Fsp3) is 0.571. The van der Waals surface area contributed by atoms with Crippen LogP contribution in [-0.4, -0.2) is 23.1 Å². The molecule has 0 bridgehead atoms. The lowest BCUT2D eigenvalue weighted by Crippen LogP contribution is -2.11. The zero-order valence-corrected chi connectivity index (χ0v) is 11.6. The Balaban J connectivity index is 1.88. The number of rotatable bonds is 6. The average molecular weight is 261 g/mol. The summed E-state index contributed by atoms with van der Waals surface area (Å²) in [5.41, 5.74) is 8.18. The summed E-state index contributed by atoms with van der Waals surface area (Å²) in [6.07, 6.45) is 10.1. The maximum absolute atomic E-state index is 6.02. The lowest BCUT2D eigenvalue weighted by atomic mass is 9.97. The van der Waals surface area contributed by atoms with Crippen LogP contribution in [0.25, 0.3) is 0 Å². The molecule has 0 aromatic carbocycles. The molecule has 0 radical (unpaired) electrons. The van der Waals surface area contributed by atoms with Crippen LogP contribution in [0.15, 0.2) is 18.0 Å². The molecule has 0 amide bonds. The van der Waals surface area contributed by atoms with Gasteiger partial charge in [0.1, 0.15) is 12.0 Å². The zero-order chi connectivity index (χ0) is 13.5. The number of nitrogens with zero attached hydrogens (tertiary/aromatic N) is 2. The van der Waals surface area contributed by atoms with Crippen molar-refractivity contribution in [2.45, 2.75) is 39.0 Å². The molecular weight excluding hydrogens is 238 g/mol. The molecule has 0 aliphatic heterocycles. The summed E-state index contributed by atoms with van der Waals surface area (Å²) in [5.74, 6) is 1.43. The highest BCUT2D eigenvalue weighted by Gasteiger charge is 2.07. The smallest absolute Gasteiger partial charge is 0.154 e. The number of allylic oxidation sites excluding steroid dienone is 1. The first-order valence-corrected chi connectivity index (χ1v) is 7.07. The Bertz CT molecular complexity index is 441. The molecule has 1 aromatic rings. The van der Waals surface area contributed by atoms with Crippen molar-refractivity contribution in [3.63, 3.8) is 0 Å². The fourth-order valence-electron chi connectivity index (χ4n) is 2.32. The highest BCUT2D eigenvalue weighted by molar-refractivity contribution is 5.73. The van der Waals surface area contributed by atoms with Crippen LogP contribution in [0.4, 0.5) is 17.3 Å². The SMILES string of the molecule is CCNc1ncnc(NCCC2=CCCCC2)c1N. The van der Waals surface area contributed by atoms with Gasteiger partial charge in [0.2, 0.25) is 0 Å². The molecule has 0 saturated carbocycles. The Morgan fingerprint density at radius 3 is 2.68 bits per heavy atom. The molecular formula is C14H23N5. The molecule has 0 spiro atoms. The van der Waals surface area contributed by atoms with Gasteiger partial charge >= 0.3 is 0 Å². The summed E-state index contributed by atoms with van der Waals surface area (Å²) in [5, 5.41) is 6.43. The van der Waals surface area contributed by atoms with Crippen LogP contribution >= 0.6 is 0 Å². The predicted molar refractivity (Wildman–Crippen MR) is 80.3 cm³/mol. The molecule has 104 valence electrons. The maximum Gasteiger partial charge on any atom is 0.154 e. The van der Waals surface area contributed by atoms with E-state index in [0.717, 1.165) is 25.3 Å². The average Bonchev–Trinajstić information content (AvgIpc) is 2.44. The third kappa shape index (κ3) is 3.84. The number of nitrogens with one attached hydrogen (secondary N) is 2. The summed E-state index contributed by atoms with van der Waals surface area (Å²) in [4.78, 5) is 8.33. The number of nitrogen functional groups attached to an aromatic ring is 1. The fourth-order valence-corrected chi connectivity index (χ4v) is 2.32. The molecule has 4 N–H and O–H groups in total. The number of nitrogens with two attached hydrogens (primary N) is 1. The Labute approximate surface area is 114 Å². The summed E-state index contributed by atoms with van der Waals surface area (Å²) < 4.78 is 0. The molecule has 19 heavy (non-hydrogen) atoms. The van der Waals surface area contributed by atoms with E-state index in [2.05, 4.69) is 26.7 Å². The van der Waals surface area contributed by atoms with E-state index >= 15 is 0 Å². The summed E-state index contributed by atoms with van der Waals surface area (Å²) in [7, 11) is 0. The quantitative estimate of drug-likeness (QED) is 0.686. The van der Waals surface area contributed by atoms with Crippen molar-refractivity contribution in [3.05, 3.63) is 18.0 Å². The molecule has 2 rings (SSSR count). The van der Waals surface area contributed by atoms with Gasteiger partial charge < -0.3 is 16.4 Å². The topological polar surface area (TPSA) is 75.9 Å². The maximum atomic E-state index is 6.02. The monoisotopic (exact) mass is 261 g/mol. The third-order valence-electron chi connectivity index (χ3n) is 3.35. The van der Waals surface area contributed by atoms with Crippen LogP contribution < -0.4 is 16.4 Å². The molecule has 0 fully saturated rings. The van der Waals surface area contributed by atoms with Crippen molar-refractivity contribution in [1.82, 2.24) is 9.97 Å². The van der Waals surface area contributed by atoms with E-state index < -0.39 is 0 Å². The molecule has 1 aliphatic rings. The van der Waals surface area contributed by atoms with Crippen molar-refractivity contribution in [2.24, 2.45) is 0 Å². The van der Waals surface area contributed by atoms with Gasteiger partial charge in [-0.15, -0.1) is 0 Å². The molecule has 5 heteroatoms. The number of aromatic nitrogens is 2. The minimum atomic E-state index is 0.599. The van der Waals surface area contributed by atoms with Gasteiger partial charge in [-0.1, -0.05) is 11.6 Å². The normalized spacial score (nSPS) is 14.9. The highest BCUT2D eigenvalue weighted by Crippen LogP contribution is 2.23. The van der Waals surface area contributed by atoms with Gasteiger partial charge in [-0.3, -0.25) is 0 Å². The first-order chi connectivity index (χ1) is 9.31. The van der Waals surface area contributed by atoms with Gasteiger partial charge in [0, 0.05) is 13.1 Å². The van der Waals surface area contributed by atoms with Crippen LogP contribution in [0.2, 0.25) is 0 Å². The number of anilines is 3. The van der Waals surface area contributed by atoms with E-state index in [1.165, 1.54) is 32.0 Å². The van der Waals surface area contributed by atoms with Crippen molar-refractivity contribution < 1.29 is 0 Å². The van der Waals surface area contributed by atoms with Crippen molar-refractivity contribution in [3.8, 4) is 0 Å². The highest BCUT2D eigenvalue weighted by atomic mass is 15.1. The summed E-state index contributed by atoms with van der Waals surface area (Å²) in [6, 6.07) is 0. The van der Waals surface area contributed by atoms with Gasteiger partial charge in [-0.05, 0) is 39.0 Å². The van der Waals surface area contributed by atoms with E-state index in [1.54, 1.807) is 5.57 Å². The van der Waals surface area contributed by atoms with E-state index in [-0.39, 0.29) is 0 Å². The number of hydrogen-bond donors (Lipinski definition) is 3. The largest absolute Gasteiger partial charge is 0.393 e. The van der Waals surface area contributed by atoms with Gasteiger partial charge in [-0.25, -0.2) is 9.97 Å². The van der Waals surface area contributed by atoms with E-state index in [0.29, 0.717) is 11.5 Å². The molecule has 5 nitrogen and oxygen atoms in total. The first kappa shape index (κ1) is 13.6. The minimum absolute atomic E-state index is 0.599. The lowest BCUT2D eigenvalue weighted by Gasteiger charge is -2.14. The second kappa shape index (κ2) is 6.97. The zero-order valence-electron chi connectivity index (χ0n) is 11.6. The molecule has 0 saturated heterocycles. The minimum Gasteiger partial charge on any atom is -0.393 e. The van der Waals surface area contributed by atoms with Crippen molar-refractivity contribution in [2.75, 3.05) is 29.5 Å². The second-order valence-corrected chi connectivity index (χ2v) is 4.80. The van der Waals surface area contributed by atoms with Gasteiger partial charge in [0.05, 0.1) is 0 Å². The summed E-state index contributed by atoms with van der Waals surface area (Å²) in [6.45, 7) is 3.69. The molecule has 0 unspecified atom stereocenters. The Kier molecular flexibility index (Phi) is 5.01. The predicted octanol–water partition coefficient (Wildman–Crippen LogP) is 2.79. The van der Waals surface area contributed by atoms with Crippen LogP contribution in [0.5, 0.6) is 0 Å². The summed E-state index contributed by atoms with van der Waals surface area (Å²) >= 11 is 0. The van der Waals surface area contributed by atoms with E-state index in [4.69, 9.17) is 5.73 Å².